The fourth-order valence-corrected chi connectivity index (χ4v) is 2.32. The van der Waals surface area contributed by atoms with E-state index in [4.69, 9.17) is 27.9 Å². The standard InChI is InChI=1S/C16H11Cl2NO/c17-10-12-9-11-5-1-3-7-14(11)19-16(12)20-15-8-4-2-6-13(15)18/h1-9H,10H2. The normalized spacial score (nSPS) is 10.7. The number of benzene rings is 2. The molecule has 3 aromatic rings. The summed E-state index contributed by atoms with van der Waals surface area (Å²) in [6.07, 6.45) is 0. The van der Waals surface area contributed by atoms with E-state index in [0.717, 1.165) is 16.5 Å². The van der Waals surface area contributed by atoms with Crippen LogP contribution in [0.15, 0.2) is 54.6 Å². The summed E-state index contributed by atoms with van der Waals surface area (Å²) in [5.41, 5.74) is 1.70. The minimum atomic E-state index is 0.331. The van der Waals surface area contributed by atoms with Crippen LogP contribution in [-0.2, 0) is 5.88 Å². The van der Waals surface area contributed by atoms with Gasteiger partial charge in [-0.2, -0.15) is 0 Å². The Morgan fingerprint density at radius 2 is 1.75 bits per heavy atom. The van der Waals surface area contributed by atoms with E-state index < -0.39 is 0 Å². The Morgan fingerprint density at radius 3 is 2.55 bits per heavy atom. The molecule has 0 saturated carbocycles. The molecule has 0 unspecified atom stereocenters. The van der Waals surface area contributed by atoms with Gasteiger partial charge in [0.15, 0.2) is 0 Å². The summed E-state index contributed by atoms with van der Waals surface area (Å²) in [6.45, 7) is 0. The molecule has 2 nitrogen and oxygen atoms in total. The monoisotopic (exact) mass is 303 g/mol. The molecule has 0 bridgehead atoms. The third kappa shape index (κ3) is 2.58. The van der Waals surface area contributed by atoms with E-state index in [1.165, 1.54) is 0 Å². The first-order valence-electron chi connectivity index (χ1n) is 6.15. The average Bonchev–Trinajstić information content (AvgIpc) is 2.49. The van der Waals surface area contributed by atoms with Gasteiger partial charge in [0.05, 0.1) is 16.4 Å². The van der Waals surface area contributed by atoms with E-state index >= 15 is 0 Å². The Bertz CT molecular complexity index is 758. The third-order valence-corrected chi connectivity index (χ3v) is 3.55. The number of alkyl halides is 1. The lowest BCUT2D eigenvalue weighted by Crippen LogP contribution is -1.94. The number of para-hydroxylation sites is 2. The number of fused-ring (bicyclic) bond motifs is 1. The second kappa shape index (κ2) is 5.70. The van der Waals surface area contributed by atoms with E-state index in [1.807, 2.05) is 42.5 Å². The molecule has 0 aliphatic carbocycles. The Balaban J connectivity index is 2.08. The molecule has 1 heterocycles. The molecular weight excluding hydrogens is 293 g/mol. The van der Waals surface area contributed by atoms with Crippen molar-refractivity contribution in [2.45, 2.75) is 5.88 Å². The number of aromatic nitrogens is 1. The Morgan fingerprint density at radius 1 is 1.00 bits per heavy atom. The van der Waals surface area contributed by atoms with Crippen LogP contribution in [0.1, 0.15) is 5.56 Å². The quantitative estimate of drug-likeness (QED) is 0.603. The number of hydrogen-bond donors (Lipinski definition) is 0. The Kier molecular flexibility index (Phi) is 3.77. The topological polar surface area (TPSA) is 22.1 Å². The van der Waals surface area contributed by atoms with Crippen LogP contribution in [0.3, 0.4) is 0 Å². The highest BCUT2D eigenvalue weighted by molar-refractivity contribution is 6.32. The molecule has 1 aromatic heterocycles. The van der Waals surface area contributed by atoms with E-state index in [-0.39, 0.29) is 0 Å². The number of rotatable bonds is 3. The molecule has 100 valence electrons. The van der Waals surface area contributed by atoms with E-state index in [1.54, 1.807) is 12.1 Å². The molecule has 0 aliphatic rings. The van der Waals surface area contributed by atoms with Gasteiger partial charge in [-0.05, 0) is 24.3 Å². The van der Waals surface area contributed by atoms with Gasteiger partial charge in [0.1, 0.15) is 5.75 Å². The number of pyridine rings is 1. The summed E-state index contributed by atoms with van der Waals surface area (Å²) in [7, 11) is 0. The van der Waals surface area contributed by atoms with Crippen molar-refractivity contribution in [1.29, 1.82) is 0 Å². The number of halogens is 2. The highest BCUT2D eigenvalue weighted by Gasteiger charge is 2.10. The second-order valence-electron chi connectivity index (χ2n) is 4.31. The van der Waals surface area contributed by atoms with Crippen molar-refractivity contribution in [3.05, 3.63) is 65.2 Å². The molecule has 3 rings (SSSR count). The molecule has 0 aliphatic heterocycles. The SMILES string of the molecule is ClCc1cc2ccccc2nc1Oc1ccccc1Cl. The minimum Gasteiger partial charge on any atom is -0.437 e. The molecule has 0 atom stereocenters. The van der Waals surface area contributed by atoms with Gasteiger partial charge in [-0.25, -0.2) is 4.98 Å². The maximum absolute atomic E-state index is 6.10. The molecule has 20 heavy (non-hydrogen) atoms. The van der Waals surface area contributed by atoms with Crippen molar-refractivity contribution in [3.8, 4) is 11.6 Å². The van der Waals surface area contributed by atoms with Crippen LogP contribution in [0.4, 0.5) is 0 Å². The predicted molar refractivity (Wildman–Crippen MR) is 82.8 cm³/mol. The molecule has 4 heteroatoms. The maximum Gasteiger partial charge on any atom is 0.224 e. The van der Waals surface area contributed by atoms with Crippen LogP contribution in [0.5, 0.6) is 11.6 Å². The zero-order valence-corrected chi connectivity index (χ0v) is 12.0. The fourth-order valence-electron chi connectivity index (χ4n) is 1.96. The largest absolute Gasteiger partial charge is 0.437 e. The molecule has 0 fully saturated rings. The van der Waals surface area contributed by atoms with Gasteiger partial charge in [-0.1, -0.05) is 41.9 Å². The van der Waals surface area contributed by atoms with Gasteiger partial charge < -0.3 is 4.74 Å². The minimum absolute atomic E-state index is 0.331. The number of ether oxygens (including phenoxy) is 1. The zero-order valence-electron chi connectivity index (χ0n) is 10.5. The first-order valence-corrected chi connectivity index (χ1v) is 7.06. The van der Waals surface area contributed by atoms with Crippen molar-refractivity contribution < 1.29 is 4.74 Å². The Hall–Kier alpha value is -1.77. The third-order valence-electron chi connectivity index (χ3n) is 2.95. The van der Waals surface area contributed by atoms with Crippen molar-refractivity contribution in [1.82, 2.24) is 4.98 Å². The van der Waals surface area contributed by atoms with Crippen LogP contribution in [0.25, 0.3) is 10.9 Å². The predicted octanol–water partition coefficient (Wildman–Crippen LogP) is 5.42. The van der Waals surface area contributed by atoms with Crippen LogP contribution >= 0.6 is 23.2 Å². The van der Waals surface area contributed by atoms with Crippen molar-refractivity contribution in [2.24, 2.45) is 0 Å². The van der Waals surface area contributed by atoms with Crippen LogP contribution in [0.2, 0.25) is 5.02 Å². The van der Waals surface area contributed by atoms with E-state index in [9.17, 15) is 0 Å². The van der Waals surface area contributed by atoms with Crippen LogP contribution in [0, 0.1) is 0 Å². The first kappa shape index (κ1) is 13.2. The first-order chi connectivity index (χ1) is 9.78. The lowest BCUT2D eigenvalue weighted by molar-refractivity contribution is 0.461. The van der Waals surface area contributed by atoms with Crippen molar-refractivity contribution >= 4 is 34.1 Å². The zero-order chi connectivity index (χ0) is 13.9. The lowest BCUT2D eigenvalue weighted by Gasteiger charge is -2.11. The molecule has 0 amide bonds. The van der Waals surface area contributed by atoms with Crippen molar-refractivity contribution in [3.63, 3.8) is 0 Å². The fraction of sp³-hybridized carbons (Fsp3) is 0.0625. The maximum atomic E-state index is 6.10. The molecule has 2 aromatic carbocycles. The van der Waals surface area contributed by atoms with Gasteiger partial charge in [0.25, 0.3) is 0 Å². The summed E-state index contributed by atoms with van der Waals surface area (Å²) in [4.78, 5) is 4.52. The van der Waals surface area contributed by atoms with Gasteiger partial charge in [-0.3, -0.25) is 0 Å². The smallest absolute Gasteiger partial charge is 0.224 e. The summed E-state index contributed by atoms with van der Waals surface area (Å²) in [6, 6.07) is 17.1. The highest BCUT2D eigenvalue weighted by Crippen LogP contribution is 2.31. The Labute approximate surface area is 126 Å². The summed E-state index contributed by atoms with van der Waals surface area (Å²) in [5.74, 6) is 1.40. The second-order valence-corrected chi connectivity index (χ2v) is 4.99. The van der Waals surface area contributed by atoms with Gasteiger partial charge in [0, 0.05) is 10.9 Å². The number of hydrogen-bond acceptors (Lipinski definition) is 2. The van der Waals surface area contributed by atoms with Crippen molar-refractivity contribution in [2.75, 3.05) is 0 Å². The van der Waals surface area contributed by atoms with Gasteiger partial charge in [-0.15, -0.1) is 11.6 Å². The van der Waals surface area contributed by atoms with Crippen LogP contribution in [-0.4, -0.2) is 4.98 Å². The molecule has 0 saturated heterocycles. The summed E-state index contributed by atoms with van der Waals surface area (Å²) >= 11 is 12.1. The highest BCUT2D eigenvalue weighted by atomic mass is 35.5. The van der Waals surface area contributed by atoms with E-state index in [2.05, 4.69) is 4.98 Å². The van der Waals surface area contributed by atoms with E-state index in [0.29, 0.717) is 22.5 Å². The summed E-state index contributed by atoms with van der Waals surface area (Å²) < 4.78 is 5.81. The molecule has 0 radical (unpaired) electrons. The molecule has 0 N–H and O–H groups in total. The van der Waals surface area contributed by atoms with Gasteiger partial charge >= 0.3 is 0 Å². The van der Waals surface area contributed by atoms with Gasteiger partial charge in [0.2, 0.25) is 5.88 Å². The summed E-state index contributed by atoms with van der Waals surface area (Å²) in [5, 5.41) is 1.58. The lowest BCUT2D eigenvalue weighted by atomic mass is 10.2. The molecular formula is C16H11Cl2NO. The average molecular weight is 304 g/mol. The number of nitrogens with zero attached hydrogens (tertiary/aromatic N) is 1. The van der Waals surface area contributed by atoms with Crippen LogP contribution < -0.4 is 4.74 Å². The molecule has 0 spiro atoms.